The van der Waals surface area contributed by atoms with E-state index in [1.54, 1.807) is 35.2 Å². The fourth-order valence-electron chi connectivity index (χ4n) is 5.35. The van der Waals surface area contributed by atoms with Gasteiger partial charge in [-0.1, -0.05) is 59.7 Å². The van der Waals surface area contributed by atoms with Gasteiger partial charge < -0.3 is 15.3 Å². The molecule has 0 radical (unpaired) electrons. The van der Waals surface area contributed by atoms with Crippen LogP contribution in [0.25, 0.3) is 0 Å². The van der Waals surface area contributed by atoms with Crippen molar-refractivity contribution in [1.82, 2.24) is 4.90 Å². The maximum absolute atomic E-state index is 15.0. The normalized spacial score (nSPS) is 21.4. The van der Waals surface area contributed by atoms with E-state index in [9.17, 15) is 31.3 Å². The molecule has 11 nitrogen and oxygen atoms in total. The maximum atomic E-state index is 15.0. The Hall–Kier alpha value is -3.15. The number of aliphatic hydroxyl groups excluding tert-OH is 1. The Balaban J connectivity index is 1.94. The molecule has 4 rings (SSSR count). The fourth-order valence-corrected chi connectivity index (χ4v) is 10.6. The van der Waals surface area contributed by atoms with E-state index in [1.807, 2.05) is 20.8 Å². The van der Waals surface area contributed by atoms with Gasteiger partial charge in [0.1, 0.15) is 17.2 Å². The molecule has 0 aromatic heterocycles. The quantitative estimate of drug-likeness (QED) is 0.427. The molecular weight excluding hydrogens is 611 g/mol. The summed E-state index contributed by atoms with van der Waals surface area (Å²) in [6, 6.07) is 11.5. The molecule has 2 unspecified atom stereocenters. The lowest BCUT2D eigenvalue weighted by atomic mass is 9.84. The summed E-state index contributed by atoms with van der Waals surface area (Å²) in [6.45, 7) is 12.3. The van der Waals surface area contributed by atoms with Crippen molar-refractivity contribution in [2.75, 3.05) is 28.1 Å². The number of hydrogen-bond acceptors (Lipinski definition) is 8. The van der Waals surface area contributed by atoms with E-state index in [2.05, 4.69) is 30.9 Å². The van der Waals surface area contributed by atoms with Crippen molar-refractivity contribution < 1.29 is 31.3 Å². The molecule has 234 valence electrons. The van der Waals surface area contributed by atoms with Gasteiger partial charge in [0.05, 0.1) is 35.2 Å². The number of nitrogens with zero attached hydrogens (tertiary/aromatic N) is 3. The maximum Gasteiger partial charge on any atom is 0.261 e. The Morgan fingerprint density at radius 2 is 1.56 bits per heavy atom. The highest BCUT2D eigenvalue weighted by Gasteiger charge is 2.49. The van der Waals surface area contributed by atoms with Crippen molar-refractivity contribution in [2.24, 2.45) is 15.6 Å². The second kappa shape index (κ2) is 10.8. The first kappa shape index (κ1) is 32.8. The molecule has 2 N–H and O–H groups in total. The third kappa shape index (κ3) is 6.39. The summed E-state index contributed by atoms with van der Waals surface area (Å²) < 4.78 is 69.8. The van der Waals surface area contributed by atoms with Crippen LogP contribution in [-0.2, 0) is 29.4 Å². The van der Waals surface area contributed by atoms with Crippen molar-refractivity contribution >= 4 is 61.1 Å². The molecule has 1 amide bonds. The van der Waals surface area contributed by atoms with Gasteiger partial charge in [-0.25, -0.2) is 16.8 Å². The number of aliphatic hydroxyl groups is 1. The molecule has 0 aliphatic carbocycles. The largest absolute Gasteiger partial charge is 0.509 e. The number of rotatable bonds is 7. The zero-order chi connectivity index (χ0) is 32.3. The highest BCUT2D eigenvalue weighted by molar-refractivity contribution is 8.09. The van der Waals surface area contributed by atoms with Crippen LogP contribution in [0.15, 0.2) is 64.6 Å². The summed E-state index contributed by atoms with van der Waals surface area (Å²) in [7, 11) is -12.6. The summed E-state index contributed by atoms with van der Waals surface area (Å²) in [5.41, 5.74) is -0.705. The van der Waals surface area contributed by atoms with E-state index in [0.717, 1.165) is 12.5 Å². The summed E-state index contributed by atoms with van der Waals surface area (Å²) >= 11 is 0. The van der Waals surface area contributed by atoms with Crippen LogP contribution in [0.2, 0.25) is 0 Å². The van der Waals surface area contributed by atoms with E-state index in [4.69, 9.17) is 0 Å². The van der Waals surface area contributed by atoms with Gasteiger partial charge in [0.25, 0.3) is 13.2 Å². The van der Waals surface area contributed by atoms with E-state index >= 15 is 0 Å². The van der Waals surface area contributed by atoms with Gasteiger partial charge in [-0.05, 0) is 47.6 Å². The van der Waals surface area contributed by atoms with E-state index in [0.29, 0.717) is 13.0 Å². The molecule has 2 aliphatic rings. The Labute approximate surface area is 254 Å². The number of carbonyl (C=O) groups is 1. The third-order valence-corrected chi connectivity index (χ3v) is 12.9. The standard InChI is InChI=1S/C29H39N4O7PS2/c1-28(2,3)16-17-32-25(29(4,5)6)24(34)23(27(32)35)26-30-21-15-14-19(33(42(7,37)38)43(8,39)40)18-22(21)41(36,31-26)20-12-10-9-11-13-20/h9-15,18,25,34H,16-17H2,1-8H3,(H,30,31,36). The predicted molar refractivity (Wildman–Crippen MR) is 172 cm³/mol. The lowest BCUT2D eigenvalue weighted by Crippen LogP contribution is -2.45. The monoisotopic (exact) mass is 650 g/mol. The van der Waals surface area contributed by atoms with Crippen LogP contribution in [0, 0.1) is 10.8 Å². The number of benzene rings is 2. The number of amidine groups is 1. The van der Waals surface area contributed by atoms with Crippen LogP contribution in [-0.4, -0.2) is 63.7 Å². The number of sulfonamides is 2. The third-order valence-electron chi connectivity index (χ3n) is 7.18. The van der Waals surface area contributed by atoms with Crippen molar-refractivity contribution in [2.45, 2.75) is 54.0 Å². The number of carbonyl (C=O) groups excluding carboxylic acids is 1. The first-order chi connectivity index (χ1) is 19.6. The highest BCUT2D eigenvalue weighted by Crippen LogP contribution is 2.51. The number of anilines is 2. The van der Waals surface area contributed by atoms with Gasteiger partial charge in [0.2, 0.25) is 20.0 Å². The summed E-state index contributed by atoms with van der Waals surface area (Å²) in [5, 5.41) is 14.9. The van der Waals surface area contributed by atoms with E-state index < -0.39 is 44.7 Å². The highest BCUT2D eigenvalue weighted by atomic mass is 32.3. The Bertz CT molecular complexity index is 1760. The van der Waals surface area contributed by atoms with Crippen molar-refractivity contribution in [1.29, 1.82) is 0 Å². The minimum absolute atomic E-state index is 0.0553. The van der Waals surface area contributed by atoms with Crippen LogP contribution in [0.4, 0.5) is 11.4 Å². The van der Waals surface area contributed by atoms with Crippen LogP contribution in [0.3, 0.4) is 0 Å². The van der Waals surface area contributed by atoms with Crippen molar-refractivity contribution in [3.63, 3.8) is 0 Å². The zero-order valence-corrected chi connectivity index (χ0v) is 28.1. The van der Waals surface area contributed by atoms with Crippen molar-refractivity contribution in [3.05, 3.63) is 59.9 Å². The average Bonchev–Trinajstić information content (AvgIpc) is 3.10. The van der Waals surface area contributed by atoms with Crippen LogP contribution in [0.5, 0.6) is 0 Å². The van der Waals surface area contributed by atoms with Gasteiger partial charge in [-0.3, -0.25) is 9.36 Å². The lowest BCUT2D eigenvalue weighted by molar-refractivity contribution is -0.128. The summed E-state index contributed by atoms with van der Waals surface area (Å²) in [6.07, 6.45) is 2.20. The number of nitrogens with one attached hydrogen (secondary N) is 1. The predicted octanol–water partition coefficient (Wildman–Crippen LogP) is 3.97. The molecule has 0 saturated carbocycles. The van der Waals surface area contributed by atoms with Crippen molar-refractivity contribution in [3.8, 4) is 0 Å². The van der Waals surface area contributed by atoms with Gasteiger partial charge in [-0.2, -0.15) is 8.47 Å². The number of fused-ring (bicyclic) bond motifs is 1. The molecule has 0 fully saturated rings. The fraction of sp³-hybridized carbons (Fsp3) is 0.448. The first-order valence-corrected chi connectivity index (χ1v) is 19.0. The van der Waals surface area contributed by atoms with Crippen LogP contribution < -0.4 is 19.6 Å². The second-order valence-corrected chi connectivity index (χ2v) is 19.5. The molecule has 2 aromatic carbocycles. The minimum atomic E-state index is -4.28. The topological polar surface area (TPSA) is 154 Å². The van der Waals surface area contributed by atoms with E-state index in [-0.39, 0.29) is 48.3 Å². The smallest absolute Gasteiger partial charge is 0.261 e. The first-order valence-electron chi connectivity index (χ1n) is 13.7. The minimum Gasteiger partial charge on any atom is -0.509 e. The number of amides is 1. The number of hydrogen-bond donors (Lipinski definition) is 2. The molecule has 14 heteroatoms. The Morgan fingerprint density at radius 1 is 0.977 bits per heavy atom. The van der Waals surface area contributed by atoms with Gasteiger partial charge in [0.15, 0.2) is 0 Å². The van der Waals surface area contributed by atoms with Crippen LogP contribution in [0.1, 0.15) is 48.0 Å². The molecule has 2 atom stereocenters. The zero-order valence-electron chi connectivity index (χ0n) is 25.6. The lowest BCUT2D eigenvalue weighted by Gasteiger charge is -2.36. The average molecular weight is 651 g/mol. The Morgan fingerprint density at radius 3 is 2.07 bits per heavy atom. The molecular formula is C29H39N4O7PS2. The Kier molecular flexibility index (Phi) is 8.21. The molecule has 0 spiro atoms. The summed E-state index contributed by atoms with van der Waals surface area (Å²) in [4.78, 5) is 15.6. The molecule has 2 heterocycles. The van der Waals surface area contributed by atoms with Gasteiger partial charge in [-0.15, -0.1) is 0 Å². The summed E-state index contributed by atoms with van der Waals surface area (Å²) in [5.74, 6) is -0.712. The van der Waals surface area contributed by atoms with Crippen LogP contribution >= 0.6 is 7.29 Å². The molecule has 0 bridgehead atoms. The molecule has 2 aliphatic heterocycles. The van der Waals surface area contributed by atoms with Gasteiger partial charge in [0, 0.05) is 11.8 Å². The molecule has 43 heavy (non-hydrogen) atoms. The molecule has 0 saturated heterocycles. The molecule has 2 aromatic rings. The second-order valence-electron chi connectivity index (χ2n) is 13.2. The van der Waals surface area contributed by atoms with Gasteiger partial charge >= 0.3 is 0 Å². The van der Waals surface area contributed by atoms with E-state index in [1.165, 1.54) is 18.2 Å². The SMILES string of the molecule is CC(C)(C)CCN1C(=O)C(C2=NP(=O)(c3ccccc3)c3cc(N(S(C)(=O)=O)S(C)(=O)=O)ccc3N2)=C(O)C1C(C)(C)C.